The summed E-state index contributed by atoms with van der Waals surface area (Å²) >= 11 is 0. The first kappa shape index (κ1) is 45.5. The Morgan fingerprint density at radius 1 is 0.488 bits per heavy atom. The van der Waals surface area contributed by atoms with Crippen molar-refractivity contribution < 1.29 is 52.1 Å². The maximum Gasteiger partial charge on any atom is 1.00 e. The molecular formula is C36H71NaO5S. The number of hydrogen-bond donors (Lipinski definition) is 0. The Labute approximate surface area is 291 Å². The Bertz CT molecular complexity index is 671. The molecule has 0 aromatic carbocycles. The van der Waals surface area contributed by atoms with E-state index in [1.54, 1.807) is 0 Å². The van der Waals surface area contributed by atoms with E-state index in [-0.39, 0.29) is 42.6 Å². The van der Waals surface area contributed by atoms with Crippen molar-refractivity contribution in [1.82, 2.24) is 0 Å². The van der Waals surface area contributed by atoms with Crippen LogP contribution in [0.3, 0.4) is 0 Å². The van der Waals surface area contributed by atoms with Crippen LogP contribution in [0.4, 0.5) is 0 Å². The topological polar surface area (TPSA) is 83.5 Å². The molecule has 0 amide bonds. The van der Waals surface area contributed by atoms with Gasteiger partial charge in [-0.25, -0.2) is 8.42 Å². The second-order valence-corrected chi connectivity index (χ2v) is 14.4. The zero-order valence-electron chi connectivity index (χ0n) is 29.2. The third-order valence-corrected chi connectivity index (χ3v) is 9.80. The van der Waals surface area contributed by atoms with Crippen molar-refractivity contribution in [3.05, 3.63) is 0 Å². The predicted molar refractivity (Wildman–Crippen MR) is 179 cm³/mol. The summed E-state index contributed by atoms with van der Waals surface area (Å²) in [7, 11) is -4.68. The summed E-state index contributed by atoms with van der Waals surface area (Å²) in [5, 5.41) is -1.55. The Kier molecular flexibility index (Phi) is 37.3. The Balaban J connectivity index is 0. The van der Waals surface area contributed by atoms with E-state index in [1.165, 1.54) is 148 Å². The molecule has 0 spiro atoms. The van der Waals surface area contributed by atoms with Crippen LogP contribution in [0.15, 0.2) is 0 Å². The van der Waals surface area contributed by atoms with Crippen molar-refractivity contribution in [1.29, 1.82) is 0 Å². The molecule has 0 rings (SSSR count). The van der Waals surface area contributed by atoms with Crippen LogP contribution in [0.5, 0.6) is 0 Å². The minimum atomic E-state index is -4.68. The van der Waals surface area contributed by atoms with Crippen molar-refractivity contribution >= 4 is 16.1 Å². The molecule has 0 heterocycles. The van der Waals surface area contributed by atoms with E-state index in [0.717, 1.165) is 38.5 Å². The molecule has 7 heteroatoms. The minimum absolute atomic E-state index is 0. The number of hydrogen-bond acceptors (Lipinski definition) is 5. The van der Waals surface area contributed by atoms with E-state index in [1.807, 2.05) is 0 Å². The molecule has 5 nitrogen and oxygen atoms in total. The number of esters is 1. The quantitative estimate of drug-likeness (QED) is 0.0305. The summed E-state index contributed by atoms with van der Waals surface area (Å²) in [6.45, 7) is 4.73. The van der Waals surface area contributed by atoms with Crippen molar-refractivity contribution in [2.24, 2.45) is 0 Å². The number of carbonyl (C=O) groups is 1. The second-order valence-electron chi connectivity index (χ2n) is 12.8. The second kappa shape index (κ2) is 35.2. The predicted octanol–water partition coefficient (Wildman–Crippen LogP) is 8.58. The van der Waals surface area contributed by atoms with Gasteiger partial charge in [-0.05, 0) is 12.8 Å². The van der Waals surface area contributed by atoms with Gasteiger partial charge in [0.1, 0.15) is 15.4 Å². The van der Waals surface area contributed by atoms with Gasteiger partial charge in [-0.3, -0.25) is 4.79 Å². The van der Waals surface area contributed by atoms with Crippen LogP contribution in [-0.2, 0) is 19.6 Å². The molecule has 0 fully saturated rings. The fourth-order valence-corrected chi connectivity index (χ4v) is 6.58. The number of unbranched alkanes of at least 4 members (excludes halogenated alkanes) is 28. The van der Waals surface area contributed by atoms with Gasteiger partial charge in [0, 0.05) is 0 Å². The Hall–Kier alpha value is 0.380. The average Bonchev–Trinajstić information content (AvgIpc) is 2.96. The van der Waals surface area contributed by atoms with Crippen molar-refractivity contribution in [2.45, 2.75) is 218 Å². The number of carbonyl (C=O) groups excluding carboxylic acids is 1. The fraction of sp³-hybridized carbons (Fsp3) is 0.972. The van der Waals surface area contributed by atoms with Crippen LogP contribution in [-0.4, -0.2) is 30.8 Å². The normalized spacial score (nSPS) is 12.3. The van der Waals surface area contributed by atoms with Crippen LogP contribution in [0.1, 0.15) is 213 Å². The molecular weight excluding hydrogens is 567 g/mol. The molecule has 43 heavy (non-hydrogen) atoms. The molecule has 1 atom stereocenters. The van der Waals surface area contributed by atoms with Crippen molar-refractivity contribution in [2.75, 3.05) is 6.61 Å². The third-order valence-electron chi connectivity index (χ3n) is 8.67. The molecule has 0 saturated carbocycles. The fourth-order valence-electron chi connectivity index (χ4n) is 5.82. The Morgan fingerprint density at radius 3 is 1.02 bits per heavy atom. The standard InChI is InChI=1S/C36H72O5S.Na/c1-3-5-7-9-11-13-15-17-19-20-22-24-26-28-30-32-34-41-36(37)35(42(38,39)40)33-31-29-27-25-23-21-18-16-14-12-10-8-6-4-2;/h35H,3-34H2,1-2H3,(H,38,39,40);/q;+1/p-1. The number of rotatable bonds is 34. The van der Waals surface area contributed by atoms with Crippen LogP contribution in [0, 0.1) is 0 Å². The zero-order chi connectivity index (χ0) is 31.0. The molecule has 0 aromatic heterocycles. The molecule has 0 radical (unpaired) electrons. The molecule has 0 N–H and O–H groups in total. The van der Waals surface area contributed by atoms with Gasteiger partial charge in [-0.1, -0.05) is 200 Å². The summed E-state index contributed by atoms with van der Waals surface area (Å²) in [4.78, 5) is 12.3. The molecule has 0 aromatic rings. The van der Waals surface area contributed by atoms with Gasteiger partial charge in [0.2, 0.25) is 0 Å². The van der Waals surface area contributed by atoms with Crippen LogP contribution >= 0.6 is 0 Å². The summed E-state index contributed by atoms with van der Waals surface area (Å²) in [5.74, 6) is -0.847. The van der Waals surface area contributed by atoms with E-state index in [2.05, 4.69) is 13.8 Å². The van der Waals surface area contributed by atoms with Gasteiger partial charge in [-0.15, -0.1) is 0 Å². The zero-order valence-corrected chi connectivity index (χ0v) is 32.0. The molecule has 0 aliphatic heterocycles. The summed E-state index contributed by atoms with van der Waals surface area (Å²) in [6, 6.07) is 0. The maximum atomic E-state index is 12.3. The molecule has 0 aliphatic carbocycles. The molecule has 0 bridgehead atoms. The van der Waals surface area contributed by atoms with Gasteiger partial charge in [0.05, 0.1) is 6.61 Å². The van der Waals surface area contributed by atoms with E-state index < -0.39 is 21.3 Å². The van der Waals surface area contributed by atoms with Crippen LogP contribution < -0.4 is 29.6 Å². The van der Waals surface area contributed by atoms with Gasteiger partial charge < -0.3 is 9.29 Å². The van der Waals surface area contributed by atoms with Crippen LogP contribution in [0.25, 0.3) is 0 Å². The average molecular weight is 639 g/mol. The van der Waals surface area contributed by atoms with Crippen LogP contribution in [0.2, 0.25) is 0 Å². The first-order valence-corrected chi connectivity index (χ1v) is 20.0. The van der Waals surface area contributed by atoms with Crippen molar-refractivity contribution in [3.8, 4) is 0 Å². The largest absolute Gasteiger partial charge is 1.00 e. The third kappa shape index (κ3) is 33.6. The summed E-state index contributed by atoms with van der Waals surface area (Å²) < 4.78 is 40.2. The van der Waals surface area contributed by atoms with E-state index in [9.17, 15) is 17.8 Å². The first-order chi connectivity index (χ1) is 20.4. The Morgan fingerprint density at radius 2 is 0.744 bits per heavy atom. The van der Waals surface area contributed by atoms with E-state index in [0.29, 0.717) is 6.42 Å². The molecule has 1 unspecified atom stereocenters. The van der Waals surface area contributed by atoms with Gasteiger partial charge in [-0.2, -0.15) is 0 Å². The van der Waals surface area contributed by atoms with Gasteiger partial charge >= 0.3 is 35.5 Å². The smallest absolute Gasteiger partial charge is 0.747 e. The molecule has 0 saturated heterocycles. The summed E-state index contributed by atoms with van der Waals surface area (Å²) in [6.07, 6.45) is 37.3. The number of ether oxygens (including phenoxy) is 1. The van der Waals surface area contributed by atoms with Crippen molar-refractivity contribution in [3.63, 3.8) is 0 Å². The maximum absolute atomic E-state index is 12.3. The molecule has 0 aliphatic rings. The first-order valence-electron chi connectivity index (χ1n) is 18.5. The van der Waals surface area contributed by atoms with Gasteiger partial charge in [0.25, 0.3) is 0 Å². The van der Waals surface area contributed by atoms with E-state index >= 15 is 0 Å². The minimum Gasteiger partial charge on any atom is -0.747 e. The van der Waals surface area contributed by atoms with Gasteiger partial charge in [0.15, 0.2) is 0 Å². The summed E-state index contributed by atoms with van der Waals surface area (Å²) in [5.41, 5.74) is 0. The SMILES string of the molecule is CCCCCCCCCCCCCCCCCCOC(=O)C(CCCCCCCCCCCCCCCC)S(=O)(=O)[O-].[Na+]. The monoisotopic (exact) mass is 638 g/mol. The van der Waals surface area contributed by atoms with E-state index in [4.69, 9.17) is 4.74 Å². The molecule has 252 valence electrons.